The molecule has 0 aliphatic carbocycles. The summed E-state index contributed by atoms with van der Waals surface area (Å²) < 4.78 is 65.6. The van der Waals surface area contributed by atoms with E-state index in [-0.39, 0.29) is 17.8 Å². The number of thioether (sulfide) groups is 1. The van der Waals surface area contributed by atoms with E-state index in [4.69, 9.17) is 0 Å². The van der Waals surface area contributed by atoms with E-state index in [1.54, 1.807) is 0 Å². The Morgan fingerprint density at radius 1 is 1.37 bits per heavy atom. The molecule has 0 aliphatic rings. The molecule has 0 aliphatic heterocycles. The number of Topliss-reactive ketones (excluding diaryl/α,β-unsaturated/α-hetero) is 1. The highest BCUT2D eigenvalue weighted by molar-refractivity contribution is 8.00. The van der Waals surface area contributed by atoms with E-state index in [9.17, 15) is 26.7 Å². The van der Waals surface area contributed by atoms with Crippen LogP contribution in [-0.4, -0.2) is 17.9 Å². The molecular formula is C11H9F5O2S. The lowest BCUT2D eigenvalue weighted by Crippen LogP contribution is -2.08. The van der Waals surface area contributed by atoms with Crippen molar-refractivity contribution in [3.63, 3.8) is 0 Å². The molecule has 0 radical (unpaired) electrons. The molecule has 1 aromatic carbocycles. The van der Waals surface area contributed by atoms with Gasteiger partial charge in [0.1, 0.15) is 11.5 Å². The van der Waals surface area contributed by atoms with Crippen molar-refractivity contribution in [1.29, 1.82) is 0 Å². The van der Waals surface area contributed by atoms with Crippen LogP contribution >= 0.6 is 11.8 Å². The number of benzene rings is 1. The molecule has 1 aromatic rings. The van der Waals surface area contributed by atoms with Gasteiger partial charge >= 0.3 is 12.1 Å². The molecule has 1 rings (SSSR count). The number of alkyl halides is 5. The summed E-state index contributed by atoms with van der Waals surface area (Å²) in [5, 5.41) is 0. The van der Waals surface area contributed by atoms with E-state index in [1.807, 2.05) is 0 Å². The smallest absolute Gasteiger partial charge is 0.434 e. The molecule has 0 bridgehead atoms. The van der Waals surface area contributed by atoms with Gasteiger partial charge in [-0.1, -0.05) is 12.1 Å². The highest BCUT2D eigenvalue weighted by Crippen LogP contribution is 2.43. The molecule has 19 heavy (non-hydrogen) atoms. The van der Waals surface area contributed by atoms with Gasteiger partial charge in [-0.2, -0.15) is 22.0 Å². The molecule has 0 N–H and O–H groups in total. The van der Waals surface area contributed by atoms with Crippen LogP contribution in [0.2, 0.25) is 0 Å². The molecule has 0 aromatic heterocycles. The quantitative estimate of drug-likeness (QED) is 0.606. The van der Waals surface area contributed by atoms with Gasteiger partial charge in [-0.05, 0) is 30.3 Å². The zero-order valence-corrected chi connectivity index (χ0v) is 10.4. The lowest BCUT2D eigenvalue weighted by atomic mass is 10.1. The Kier molecular flexibility index (Phi) is 5.16. The summed E-state index contributed by atoms with van der Waals surface area (Å²) in [6, 6.07) is 3.54. The van der Waals surface area contributed by atoms with E-state index in [2.05, 4.69) is 4.74 Å². The topological polar surface area (TPSA) is 26.3 Å². The fraction of sp³-hybridized carbons (Fsp3) is 0.364. The van der Waals surface area contributed by atoms with Crippen LogP contribution in [0.25, 0.3) is 0 Å². The molecule has 0 saturated heterocycles. The van der Waals surface area contributed by atoms with Crippen molar-refractivity contribution >= 4 is 17.5 Å². The van der Waals surface area contributed by atoms with Gasteiger partial charge in [-0.25, -0.2) is 0 Å². The number of halogens is 5. The molecular weight excluding hydrogens is 291 g/mol. The number of hydrogen-bond acceptors (Lipinski definition) is 3. The summed E-state index contributed by atoms with van der Waals surface area (Å²) in [5.74, 6) is -0.964. The van der Waals surface area contributed by atoms with Crippen molar-refractivity contribution < 1.29 is 31.5 Å². The largest absolute Gasteiger partial charge is 0.446 e. The fourth-order valence-corrected chi connectivity index (χ4v) is 2.11. The number of carbonyl (C=O) groups is 1. The standard InChI is InChI=1S/C11H9F5O2S/c1-6(17)5-7-3-2-4-8(18-10(12)13)9(7)19-11(14,15)16/h2-4,10H,5H2,1H3. The van der Waals surface area contributed by atoms with Gasteiger partial charge in [0.05, 0.1) is 4.90 Å². The third kappa shape index (κ3) is 5.46. The van der Waals surface area contributed by atoms with Crippen LogP contribution in [0.15, 0.2) is 23.1 Å². The lowest BCUT2D eigenvalue weighted by molar-refractivity contribution is -0.116. The lowest BCUT2D eigenvalue weighted by Gasteiger charge is -2.15. The third-order valence-corrected chi connectivity index (χ3v) is 2.83. The molecule has 0 unspecified atom stereocenters. The van der Waals surface area contributed by atoms with Crippen LogP contribution in [0.5, 0.6) is 5.75 Å². The third-order valence-electron chi connectivity index (χ3n) is 1.93. The van der Waals surface area contributed by atoms with Gasteiger partial charge in [0, 0.05) is 6.42 Å². The molecule has 0 atom stereocenters. The number of ketones is 1. The second kappa shape index (κ2) is 6.23. The van der Waals surface area contributed by atoms with Crippen LogP contribution in [0, 0.1) is 0 Å². The second-order valence-corrected chi connectivity index (χ2v) is 4.62. The first-order valence-corrected chi connectivity index (χ1v) is 5.82. The van der Waals surface area contributed by atoms with Crippen molar-refractivity contribution in [3.05, 3.63) is 23.8 Å². The minimum atomic E-state index is -4.66. The Hall–Kier alpha value is -1.31. The molecule has 0 fully saturated rings. The molecule has 2 nitrogen and oxygen atoms in total. The second-order valence-electron chi connectivity index (χ2n) is 3.55. The van der Waals surface area contributed by atoms with Gasteiger partial charge < -0.3 is 4.74 Å². The van der Waals surface area contributed by atoms with Crippen molar-refractivity contribution in [2.75, 3.05) is 0 Å². The Labute approximate surface area is 109 Å². The number of carbonyl (C=O) groups excluding carboxylic acids is 1. The van der Waals surface area contributed by atoms with Gasteiger partial charge in [0.25, 0.3) is 0 Å². The minimum absolute atomic E-state index is 0.00738. The predicted octanol–water partition coefficient (Wildman–Crippen LogP) is 4.03. The maximum Gasteiger partial charge on any atom is 0.446 e. The molecule has 0 spiro atoms. The van der Waals surface area contributed by atoms with E-state index >= 15 is 0 Å². The molecule has 0 saturated carbocycles. The summed E-state index contributed by atoms with van der Waals surface area (Å²) in [5.41, 5.74) is -4.65. The van der Waals surface area contributed by atoms with Crippen LogP contribution in [0.1, 0.15) is 12.5 Å². The number of hydrogen-bond donors (Lipinski definition) is 0. The SMILES string of the molecule is CC(=O)Cc1cccc(OC(F)F)c1SC(F)(F)F. The summed E-state index contributed by atoms with van der Waals surface area (Å²) in [7, 11) is 0. The number of ether oxygens (including phenoxy) is 1. The maximum atomic E-state index is 12.4. The first kappa shape index (κ1) is 15.7. The zero-order valence-electron chi connectivity index (χ0n) is 9.63. The van der Waals surface area contributed by atoms with Gasteiger partial charge in [0.15, 0.2) is 0 Å². The van der Waals surface area contributed by atoms with E-state index in [0.29, 0.717) is 0 Å². The normalized spacial score (nSPS) is 11.7. The highest BCUT2D eigenvalue weighted by Gasteiger charge is 2.32. The van der Waals surface area contributed by atoms with E-state index in [0.717, 1.165) is 6.07 Å². The summed E-state index contributed by atoms with van der Waals surface area (Å²) >= 11 is -0.573. The monoisotopic (exact) mass is 300 g/mol. The van der Waals surface area contributed by atoms with Gasteiger partial charge in [-0.15, -0.1) is 0 Å². The zero-order chi connectivity index (χ0) is 14.6. The Bertz CT molecular complexity index is 459. The van der Waals surface area contributed by atoms with Crippen molar-refractivity contribution in [3.8, 4) is 5.75 Å². The fourth-order valence-electron chi connectivity index (χ4n) is 1.39. The Morgan fingerprint density at radius 2 is 2.00 bits per heavy atom. The Balaban J connectivity index is 3.19. The van der Waals surface area contributed by atoms with Crippen molar-refractivity contribution in [2.24, 2.45) is 0 Å². The Morgan fingerprint density at radius 3 is 2.47 bits per heavy atom. The van der Waals surface area contributed by atoms with Gasteiger partial charge in [-0.3, -0.25) is 4.79 Å². The van der Waals surface area contributed by atoms with Gasteiger partial charge in [0.2, 0.25) is 0 Å². The summed E-state index contributed by atoms with van der Waals surface area (Å²) in [6.07, 6.45) is -0.279. The van der Waals surface area contributed by atoms with Crippen LogP contribution in [-0.2, 0) is 11.2 Å². The van der Waals surface area contributed by atoms with Crippen LogP contribution in [0.3, 0.4) is 0 Å². The summed E-state index contributed by atoms with van der Waals surface area (Å²) in [6.45, 7) is -2.04. The average Bonchev–Trinajstić information content (AvgIpc) is 2.19. The maximum absolute atomic E-state index is 12.4. The van der Waals surface area contributed by atoms with Crippen LogP contribution in [0.4, 0.5) is 22.0 Å². The van der Waals surface area contributed by atoms with Crippen molar-refractivity contribution in [2.45, 2.75) is 30.4 Å². The van der Waals surface area contributed by atoms with E-state index < -0.39 is 34.5 Å². The highest BCUT2D eigenvalue weighted by atomic mass is 32.2. The predicted molar refractivity (Wildman–Crippen MR) is 59.4 cm³/mol. The summed E-state index contributed by atoms with van der Waals surface area (Å²) in [4.78, 5) is 10.5. The molecule has 0 amide bonds. The number of rotatable bonds is 5. The molecule has 8 heteroatoms. The van der Waals surface area contributed by atoms with E-state index in [1.165, 1.54) is 19.1 Å². The average molecular weight is 300 g/mol. The molecule has 106 valence electrons. The van der Waals surface area contributed by atoms with Crippen molar-refractivity contribution in [1.82, 2.24) is 0 Å². The molecule has 0 heterocycles. The first-order valence-electron chi connectivity index (χ1n) is 5.01. The minimum Gasteiger partial charge on any atom is -0.434 e. The van der Waals surface area contributed by atoms with Crippen LogP contribution < -0.4 is 4.74 Å². The first-order chi connectivity index (χ1) is 8.69.